The van der Waals surface area contributed by atoms with E-state index in [1.165, 1.54) is 0 Å². The maximum atomic E-state index is 10.5. The van der Waals surface area contributed by atoms with Crippen LogP contribution in [0.4, 0.5) is 0 Å². The van der Waals surface area contributed by atoms with Crippen molar-refractivity contribution in [2.24, 2.45) is 5.92 Å². The van der Waals surface area contributed by atoms with Crippen LogP contribution in [-0.2, 0) is 9.59 Å². The van der Waals surface area contributed by atoms with E-state index < -0.39 is 11.9 Å². The average molecular weight is 181 g/mol. The zero-order valence-corrected chi connectivity index (χ0v) is 6.48. The molecule has 3 N–H and O–H groups in total. The van der Waals surface area contributed by atoms with Gasteiger partial charge in [0.1, 0.15) is 0 Å². The molecule has 1 rings (SSSR count). The van der Waals surface area contributed by atoms with Crippen LogP contribution in [-0.4, -0.2) is 23.5 Å². The van der Waals surface area contributed by atoms with Crippen LogP contribution in [0, 0.1) is 5.92 Å². The fourth-order valence-electron chi connectivity index (χ4n) is 0.794. The third kappa shape index (κ3) is 2.73. The molecular formula is C5H9ClN2O3. The predicted octanol–water partition coefficient (Wildman–Crippen LogP) is -0.867. The van der Waals surface area contributed by atoms with Crippen LogP contribution in [0.2, 0.25) is 0 Å². The lowest BCUT2D eigenvalue weighted by Gasteiger charge is -2.18. The van der Waals surface area contributed by atoms with Crippen molar-refractivity contribution in [3.63, 3.8) is 0 Å². The van der Waals surface area contributed by atoms with E-state index in [9.17, 15) is 9.59 Å². The minimum Gasteiger partial charge on any atom is -0.481 e. The SMILES string of the molecule is Cl.O=C1CC(C(=O)O)CNN1. The zero-order chi connectivity index (χ0) is 7.56. The molecule has 0 aromatic heterocycles. The lowest BCUT2D eigenvalue weighted by Crippen LogP contribution is -2.48. The maximum Gasteiger partial charge on any atom is 0.308 e. The van der Waals surface area contributed by atoms with Crippen molar-refractivity contribution in [3.8, 4) is 0 Å². The van der Waals surface area contributed by atoms with E-state index in [2.05, 4.69) is 10.9 Å². The Morgan fingerprint density at radius 3 is 2.64 bits per heavy atom. The maximum absolute atomic E-state index is 10.5. The second-order valence-electron chi connectivity index (χ2n) is 2.17. The molecule has 1 fully saturated rings. The summed E-state index contributed by atoms with van der Waals surface area (Å²) in [6.07, 6.45) is 0.0718. The van der Waals surface area contributed by atoms with Crippen molar-refractivity contribution in [1.82, 2.24) is 10.9 Å². The lowest BCUT2D eigenvalue weighted by molar-refractivity contribution is -0.145. The molecule has 0 aliphatic carbocycles. The topological polar surface area (TPSA) is 78.4 Å². The summed E-state index contributed by atoms with van der Waals surface area (Å²) < 4.78 is 0. The first-order chi connectivity index (χ1) is 4.70. The molecule has 6 heteroatoms. The van der Waals surface area contributed by atoms with Gasteiger partial charge in [0.05, 0.1) is 5.92 Å². The summed E-state index contributed by atoms with van der Waals surface area (Å²) in [6, 6.07) is 0. The molecular weight excluding hydrogens is 172 g/mol. The fraction of sp³-hybridized carbons (Fsp3) is 0.600. The molecule has 0 bridgehead atoms. The molecule has 0 radical (unpaired) electrons. The number of nitrogens with one attached hydrogen (secondary N) is 2. The molecule has 0 saturated carbocycles. The van der Waals surface area contributed by atoms with Gasteiger partial charge in [-0.25, -0.2) is 5.43 Å². The van der Waals surface area contributed by atoms with E-state index in [1.54, 1.807) is 0 Å². The van der Waals surface area contributed by atoms with Gasteiger partial charge in [-0.3, -0.25) is 15.0 Å². The highest BCUT2D eigenvalue weighted by atomic mass is 35.5. The number of carbonyl (C=O) groups excluding carboxylic acids is 1. The normalized spacial score (nSPS) is 23.3. The molecule has 11 heavy (non-hydrogen) atoms. The quantitative estimate of drug-likeness (QED) is 0.491. The van der Waals surface area contributed by atoms with Crippen LogP contribution in [0.15, 0.2) is 0 Å². The smallest absolute Gasteiger partial charge is 0.308 e. The van der Waals surface area contributed by atoms with Gasteiger partial charge in [-0.15, -0.1) is 12.4 Å². The average Bonchev–Trinajstić information content (AvgIpc) is 1.88. The summed E-state index contributed by atoms with van der Waals surface area (Å²) in [5, 5.41) is 8.44. The van der Waals surface area contributed by atoms with Crippen molar-refractivity contribution < 1.29 is 14.7 Å². The molecule has 0 spiro atoms. The standard InChI is InChI=1S/C5H8N2O3.ClH/c8-4-1-3(5(9)10)2-6-7-4;/h3,6H,1-2H2,(H,7,8)(H,9,10);1H. The van der Waals surface area contributed by atoms with Gasteiger partial charge in [0.15, 0.2) is 0 Å². The van der Waals surface area contributed by atoms with Crippen LogP contribution in [0.1, 0.15) is 6.42 Å². The van der Waals surface area contributed by atoms with Gasteiger partial charge in [-0.2, -0.15) is 0 Å². The Hall–Kier alpha value is -0.810. The summed E-state index contributed by atoms with van der Waals surface area (Å²) in [6.45, 7) is 0.307. The van der Waals surface area contributed by atoms with Crippen molar-refractivity contribution in [2.75, 3.05) is 6.54 Å². The van der Waals surface area contributed by atoms with E-state index in [4.69, 9.17) is 5.11 Å². The van der Waals surface area contributed by atoms with Gasteiger partial charge in [0, 0.05) is 13.0 Å². The van der Waals surface area contributed by atoms with Gasteiger partial charge < -0.3 is 5.11 Å². The second-order valence-corrected chi connectivity index (χ2v) is 2.17. The van der Waals surface area contributed by atoms with Gasteiger partial charge >= 0.3 is 5.97 Å². The number of rotatable bonds is 1. The Kier molecular flexibility index (Phi) is 3.84. The Morgan fingerprint density at radius 2 is 2.27 bits per heavy atom. The van der Waals surface area contributed by atoms with E-state index in [1.807, 2.05) is 0 Å². The highest BCUT2D eigenvalue weighted by molar-refractivity contribution is 5.85. The number of carbonyl (C=O) groups is 2. The van der Waals surface area contributed by atoms with Crippen LogP contribution in [0.3, 0.4) is 0 Å². The molecule has 1 unspecified atom stereocenters. The predicted molar refractivity (Wildman–Crippen MR) is 39.1 cm³/mol. The Labute approximate surface area is 69.5 Å². The number of hydrogen-bond acceptors (Lipinski definition) is 3. The van der Waals surface area contributed by atoms with Crippen LogP contribution in [0.25, 0.3) is 0 Å². The van der Waals surface area contributed by atoms with Crippen LogP contribution in [0.5, 0.6) is 0 Å². The molecule has 64 valence electrons. The minimum atomic E-state index is -0.928. The lowest BCUT2D eigenvalue weighted by atomic mass is 10.1. The number of hydrogen-bond donors (Lipinski definition) is 3. The highest BCUT2D eigenvalue weighted by Gasteiger charge is 2.24. The summed E-state index contributed by atoms with van der Waals surface area (Å²) >= 11 is 0. The number of halogens is 1. The number of carboxylic acids is 1. The van der Waals surface area contributed by atoms with Crippen molar-refractivity contribution >= 4 is 24.3 Å². The molecule has 1 aliphatic rings. The Morgan fingerprint density at radius 1 is 1.64 bits per heavy atom. The van der Waals surface area contributed by atoms with Gasteiger partial charge in [-0.05, 0) is 0 Å². The van der Waals surface area contributed by atoms with Crippen molar-refractivity contribution in [2.45, 2.75) is 6.42 Å². The largest absolute Gasteiger partial charge is 0.481 e. The Bertz CT molecular complexity index is 171. The number of hydrazine groups is 1. The molecule has 1 saturated heterocycles. The molecule has 1 aliphatic heterocycles. The van der Waals surface area contributed by atoms with E-state index in [0.717, 1.165) is 0 Å². The van der Waals surface area contributed by atoms with Crippen molar-refractivity contribution in [3.05, 3.63) is 0 Å². The zero-order valence-electron chi connectivity index (χ0n) is 5.66. The first-order valence-electron chi connectivity index (χ1n) is 2.94. The van der Waals surface area contributed by atoms with Crippen LogP contribution < -0.4 is 10.9 Å². The summed E-state index contributed by atoms with van der Waals surface area (Å²) in [4.78, 5) is 20.8. The number of carboxylic acid groups (broad SMARTS) is 1. The molecule has 1 amide bonds. The van der Waals surface area contributed by atoms with Crippen molar-refractivity contribution in [1.29, 1.82) is 0 Å². The third-order valence-electron chi connectivity index (χ3n) is 1.36. The third-order valence-corrected chi connectivity index (χ3v) is 1.36. The number of aliphatic carboxylic acids is 1. The van der Waals surface area contributed by atoms with Crippen LogP contribution >= 0.6 is 12.4 Å². The summed E-state index contributed by atoms with van der Waals surface area (Å²) in [5.74, 6) is -1.77. The monoisotopic (exact) mass is 180 g/mol. The van der Waals surface area contributed by atoms with E-state index in [-0.39, 0.29) is 24.7 Å². The highest BCUT2D eigenvalue weighted by Crippen LogP contribution is 2.03. The summed E-state index contributed by atoms with van der Waals surface area (Å²) in [5.41, 5.74) is 4.80. The minimum absolute atomic E-state index is 0. The molecule has 0 aromatic rings. The van der Waals surface area contributed by atoms with Gasteiger partial charge in [0.2, 0.25) is 5.91 Å². The second kappa shape index (κ2) is 4.15. The summed E-state index contributed by atoms with van der Waals surface area (Å²) in [7, 11) is 0. The first-order valence-corrected chi connectivity index (χ1v) is 2.94. The molecule has 5 nitrogen and oxygen atoms in total. The first kappa shape index (κ1) is 10.2. The van der Waals surface area contributed by atoms with Gasteiger partial charge in [0.25, 0.3) is 0 Å². The van der Waals surface area contributed by atoms with E-state index in [0.29, 0.717) is 6.54 Å². The van der Waals surface area contributed by atoms with Gasteiger partial charge in [-0.1, -0.05) is 0 Å². The Balaban J connectivity index is 0.000001000. The van der Waals surface area contributed by atoms with E-state index >= 15 is 0 Å². The molecule has 1 atom stereocenters. The molecule has 1 heterocycles. The fourth-order valence-corrected chi connectivity index (χ4v) is 0.794. The molecule has 0 aromatic carbocycles. The number of amides is 1.